The first-order chi connectivity index (χ1) is 10.2. The normalized spacial score (nSPS) is 22.7. The van der Waals surface area contributed by atoms with Gasteiger partial charge in [-0.2, -0.15) is 0 Å². The average Bonchev–Trinajstić information content (AvgIpc) is 2.85. The van der Waals surface area contributed by atoms with E-state index in [9.17, 15) is 9.59 Å². The first kappa shape index (κ1) is 14.1. The second kappa shape index (κ2) is 5.85. The molecule has 2 aliphatic rings. The topological polar surface area (TPSA) is 55.8 Å². The highest BCUT2D eigenvalue weighted by molar-refractivity contribution is 5.93. The van der Waals surface area contributed by atoms with Gasteiger partial charge in [-0.1, -0.05) is 18.2 Å². The third kappa shape index (κ3) is 2.65. The molecular formula is C16H19NO4. The zero-order chi connectivity index (χ0) is 14.8. The van der Waals surface area contributed by atoms with E-state index in [4.69, 9.17) is 9.47 Å². The molecule has 112 valence electrons. The van der Waals surface area contributed by atoms with E-state index in [1.54, 1.807) is 6.07 Å². The number of piperidine rings is 1. The van der Waals surface area contributed by atoms with E-state index in [-0.39, 0.29) is 24.1 Å². The van der Waals surface area contributed by atoms with Crippen LogP contribution in [0.15, 0.2) is 24.3 Å². The van der Waals surface area contributed by atoms with E-state index in [0.29, 0.717) is 12.2 Å². The highest BCUT2D eigenvalue weighted by Crippen LogP contribution is 2.35. The molecule has 1 aromatic carbocycles. The second-order valence-corrected chi connectivity index (χ2v) is 5.41. The van der Waals surface area contributed by atoms with Gasteiger partial charge in [-0.25, -0.2) is 4.79 Å². The van der Waals surface area contributed by atoms with Crippen molar-refractivity contribution in [3.05, 3.63) is 35.4 Å². The monoisotopic (exact) mass is 289 g/mol. The Morgan fingerprint density at radius 1 is 1.33 bits per heavy atom. The number of hydrogen-bond acceptors (Lipinski definition) is 5. The van der Waals surface area contributed by atoms with Crippen molar-refractivity contribution in [2.75, 3.05) is 19.7 Å². The number of esters is 2. The lowest BCUT2D eigenvalue weighted by molar-refractivity contribution is -0.150. The summed E-state index contributed by atoms with van der Waals surface area (Å²) >= 11 is 0. The molecule has 1 fully saturated rings. The summed E-state index contributed by atoms with van der Waals surface area (Å²) in [7, 11) is 0. The minimum atomic E-state index is -0.308. The summed E-state index contributed by atoms with van der Waals surface area (Å²) in [6.45, 7) is 3.71. The number of carbonyl (C=O) groups is 2. The Bertz CT molecular complexity index is 549. The Balaban J connectivity index is 1.66. The molecule has 0 bridgehead atoms. The molecule has 1 unspecified atom stereocenters. The van der Waals surface area contributed by atoms with Crippen molar-refractivity contribution in [2.24, 2.45) is 5.92 Å². The van der Waals surface area contributed by atoms with Crippen molar-refractivity contribution >= 4 is 11.9 Å². The summed E-state index contributed by atoms with van der Waals surface area (Å²) in [5, 5.41) is 0. The molecule has 1 saturated heterocycles. The molecule has 0 aromatic heterocycles. The third-order valence-corrected chi connectivity index (χ3v) is 4.15. The van der Waals surface area contributed by atoms with Gasteiger partial charge in [0, 0.05) is 18.7 Å². The minimum Gasteiger partial charge on any atom is -0.466 e. The van der Waals surface area contributed by atoms with Gasteiger partial charge >= 0.3 is 11.9 Å². The van der Waals surface area contributed by atoms with Crippen LogP contribution in [0, 0.1) is 5.92 Å². The van der Waals surface area contributed by atoms with Crippen molar-refractivity contribution in [3.8, 4) is 0 Å². The number of fused-ring (bicyclic) bond motifs is 1. The molecule has 0 aliphatic carbocycles. The maximum absolute atomic E-state index is 11.9. The Morgan fingerprint density at radius 2 is 2.05 bits per heavy atom. The van der Waals surface area contributed by atoms with Crippen LogP contribution in [0.5, 0.6) is 0 Å². The van der Waals surface area contributed by atoms with Gasteiger partial charge in [-0.3, -0.25) is 9.69 Å². The lowest BCUT2D eigenvalue weighted by Crippen LogP contribution is -2.39. The number of rotatable bonds is 3. The van der Waals surface area contributed by atoms with Gasteiger partial charge in [0.05, 0.1) is 18.1 Å². The van der Waals surface area contributed by atoms with Gasteiger partial charge in [0.1, 0.15) is 0 Å². The molecular weight excluding hydrogens is 270 g/mol. The van der Waals surface area contributed by atoms with Crippen LogP contribution in [0.25, 0.3) is 0 Å². The Labute approximate surface area is 123 Å². The molecule has 0 radical (unpaired) electrons. The molecule has 0 amide bonds. The first-order valence-electron chi connectivity index (χ1n) is 7.41. The molecule has 0 saturated carbocycles. The van der Waals surface area contributed by atoms with Gasteiger partial charge in [0.25, 0.3) is 0 Å². The van der Waals surface area contributed by atoms with E-state index in [2.05, 4.69) is 4.90 Å². The maximum atomic E-state index is 11.9. The number of cyclic esters (lactones) is 1. The van der Waals surface area contributed by atoms with Crippen LogP contribution in [-0.4, -0.2) is 36.5 Å². The van der Waals surface area contributed by atoms with Crippen molar-refractivity contribution < 1.29 is 19.1 Å². The first-order valence-corrected chi connectivity index (χ1v) is 7.41. The van der Waals surface area contributed by atoms with Crippen LogP contribution in [0.2, 0.25) is 0 Å². The van der Waals surface area contributed by atoms with Crippen molar-refractivity contribution in [1.82, 2.24) is 4.90 Å². The number of likely N-dealkylation sites (tertiary alicyclic amines) is 1. The number of hydrogen-bond donors (Lipinski definition) is 0. The molecule has 2 aliphatic heterocycles. The molecule has 1 atom stereocenters. The smallest absolute Gasteiger partial charge is 0.340 e. The summed E-state index contributed by atoms with van der Waals surface area (Å²) < 4.78 is 10.6. The number of benzene rings is 1. The summed E-state index contributed by atoms with van der Waals surface area (Å²) in [4.78, 5) is 25.7. The van der Waals surface area contributed by atoms with E-state index in [1.807, 2.05) is 25.1 Å². The number of ether oxygens (including phenoxy) is 2. The van der Waals surface area contributed by atoms with E-state index in [0.717, 1.165) is 31.5 Å². The minimum absolute atomic E-state index is 0.0338. The fourth-order valence-corrected chi connectivity index (χ4v) is 3.03. The van der Waals surface area contributed by atoms with Crippen LogP contribution < -0.4 is 0 Å². The van der Waals surface area contributed by atoms with E-state index >= 15 is 0 Å². The lowest BCUT2D eigenvalue weighted by Gasteiger charge is -2.34. The molecule has 0 spiro atoms. The summed E-state index contributed by atoms with van der Waals surface area (Å²) in [5.74, 6) is -0.405. The van der Waals surface area contributed by atoms with Gasteiger partial charge in [-0.05, 0) is 25.8 Å². The Kier molecular flexibility index (Phi) is 3.92. The molecule has 0 N–H and O–H groups in total. The van der Waals surface area contributed by atoms with Crippen LogP contribution in [0.3, 0.4) is 0 Å². The zero-order valence-electron chi connectivity index (χ0n) is 12.1. The van der Waals surface area contributed by atoms with Gasteiger partial charge < -0.3 is 9.47 Å². The number of nitrogens with zero attached hydrogens (tertiary/aromatic N) is 1. The summed E-state index contributed by atoms with van der Waals surface area (Å²) in [6, 6.07) is 7.49. The molecule has 2 heterocycles. The Hall–Kier alpha value is -1.88. The molecule has 3 rings (SSSR count). The van der Waals surface area contributed by atoms with Gasteiger partial charge in [-0.15, -0.1) is 0 Å². The molecule has 5 heteroatoms. The predicted molar refractivity (Wildman–Crippen MR) is 75.5 cm³/mol. The highest BCUT2D eigenvalue weighted by atomic mass is 16.6. The van der Waals surface area contributed by atoms with Crippen molar-refractivity contribution in [2.45, 2.75) is 26.0 Å². The highest BCUT2D eigenvalue weighted by Gasteiger charge is 2.37. The molecule has 1 aromatic rings. The van der Waals surface area contributed by atoms with Gasteiger partial charge in [0.15, 0.2) is 6.23 Å². The van der Waals surface area contributed by atoms with Crippen molar-refractivity contribution in [1.29, 1.82) is 0 Å². The van der Waals surface area contributed by atoms with E-state index in [1.165, 1.54) is 0 Å². The van der Waals surface area contributed by atoms with Crippen molar-refractivity contribution in [3.63, 3.8) is 0 Å². The standard InChI is InChI=1S/C16H19NO4/c1-2-20-15(18)11-7-9-17(10-8-11)14-12-5-3-4-6-13(12)16(19)21-14/h3-6,11,14H,2,7-10H2,1H3. The number of carbonyl (C=O) groups excluding carboxylic acids is 2. The van der Waals surface area contributed by atoms with E-state index < -0.39 is 0 Å². The second-order valence-electron chi connectivity index (χ2n) is 5.41. The summed E-state index contributed by atoms with van der Waals surface area (Å²) in [6.07, 6.45) is 1.18. The fraction of sp³-hybridized carbons (Fsp3) is 0.500. The van der Waals surface area contributed by atoms with Crippen LogP contribution in [0.4, 0.5) is 0 Å². The summed E-state index contributed by atoms with van der Waals surface area (Å²) in [5.41, 5.74) is 1.58. The maximum Gasteiger partial charge on any atom is 0.340 e. The zero-order valence-corrected chi connectivity index (χ0v) is 12.1. The quantitative estimate of drug-likeness (QED) is 0.798. The average molecular weight is 289 g/mol. The Morgan fingerprint density at radius 3 is 2.76 bits per heavy atom. The fourth-order valence-electron chi connectivity index (χ4n) is 3.03. The largest absolute Gasteiger partial charge is 0.466 e. The predicted octanol–water partition coefficient (Wildman–Crippen LogP) is 2.13. The SMILES string of the molecule is CCOC(=O)C1CCN(C2OC(=O)c3ccccc32)CC1. The third-order valence-electron chi connectivity index (χ3n) is 4.15. The van der Waals surface area contributed by atoms with Gasteiger partial charge in [0.2, 0.25) is 0 Å². The van der Waals surface area contributed by atoms with Crippen LogP contribution >= 0.6 is 0 Å². The van der Waals surface area contributed by atoms with Crippen LogP contribution in [0.1, 0.15) is 41.9 Å². The molecule has 21 heavy (non-hydrogen) atoms. The van der Waals surface area contributed by atoms with Crippen LogP contribution in [-0.2, 0) is 14.3 Å². The molecule has 5 nitrogen and oxygen atoms in total. The lowest BCUT2D eigenvalue weighted by atomic mass is 9.96.